The molecule has 0 aliphatic heterocycles. The molecule has 1 fully saturated rings. The molecule has 0 amide bonds. The van der Waals surface area contributed by atoms with Gasteiger partial charge in [0.05, 0.1) is 11.0 Å². The summed E-state index contributed by atoms with van der Waals surface area (Å²) in [6.07, 6.45) is 4.38. The quantitative estimate of drug-likeness (QED) is 0.898. The maximum absolute atomic E-state index is 12.5. The summed E-state index contributed by atoms with van der Waals surface area (Å²) in [6.45, 7) is 3.60. The van der Waals surface area contributed by atoms with Gasteiger partial charge >= 0.3 is 0 Å². The Morgan fingerprint density at radius 1 is 1.25 bits per heavy atom. The standard InChI is InChI=1S/C15H23NO3S/c1-12(17)13-7-6-8-14(11-13)20(18,19)16-15(2)9-4-3-5-10-15/h6-8,11-12,16-17H,3-5,9-10H2,1-2H3. The molecule has 2 N–H and O–H groups in total. The number of benzene rings is 1. The molecule has 1 aliphatic rings. The summed E-state index contributed by atoms with van der Waals surface area (Å²) in [6, 6.07) is 6.51. The van der Waals surface area contributed by atoms with Gasteiger partial charge < -0.3 is 5.11 Å². The van der Waals surface area contributed by atoms with Gasteiger partial charge in [0.15, 0.2) is 0 Å². The molecule has 0 heterocycles. The maximum Gasteiger partial charge on any atom is 0.241 e. The molecule has 4 nitrogen and oxygen atoms in total. The van der Waals surface area contributed by atoms with E-state index >= 15 is 0 Å². The molecule has 1 unspecified atom stereocenters. The van der Waals surface area contributed by atoms with Gasteiger partial charge in [0.2, 0.25) is 10.0 Å². The maximum atomic E-state index is 12.5. The van der Waals surface area contributed by atoms with Gasteiger partial charge in [0.25, 0.3) is 0 Å². The van der Waals surface area contributed by atoms with Crippen molar-refractivity contribution < 1.29 is 13.5 Å². The third-order valence-electron chi connectivity index (χ3n) is 3.99. The number of hydrogen-bond acceptors (Lipinski definition) is 3. The topological polar surface area (TPSA) is 66.4 Å². The summed E-state index contributed by atoms with van der Waals surface area (Å²) in [5.41, 5.74) is 0.263. The lowest BCUT2D eigenvalue weighted by atomic mass is 9.84. The molecule has 0 radical (unpaired) electrons. The summed E-state index contributed by atoms with van der Waals surface area (Å²) >= 11 is 0. The molecule has 1 aromatic carbocycles. The van der Waals surface area contributed by atoms with Crippen LogP contribution in [0.5, 0.6) is 0 Å². The van der Waals surface area contributed by atoms with Crippen molar-refractivity contribution in [1.29, 1.82) is 0 Å². The van der Waals surface area contributed by atoms with Gasteiger partial charge in [-0.15, -0.1) is 0 Å². The molecule has 0 saturated heterocycles. The third kappa shape index (κ3) is 3.59. The van der Waals surface area contributed by atoms with E-state index in [9.17, 15) is 13.5 Å². The van der Waals surface area contributed by atoms with E-state index < -0.39 is 16.1 Å². The predicted molar refractivity (Wildman–Crippen MR) is 78.9 cm³/mol. The van der Waals surface area contributed by atoms with E-state index in [2.05, 4.69) is 4.72 Å². The SMILES string of the molecule is CC(O)c1cccc(S(=O)(=O)NC2(C)CCCCC2)c1. The number of aliphatic hydroxyl groups is 1. The largest absolute Gasteiger partial charge is 0.389 e. The highest BCUT2D eigenvalue weighted by Gasteiger charge is 2.32. The number of rotatable bonds is 4. The lowest BCUT2D eigenvalue weighted by Crippen LogP contribution is -2.47. The highest BCUT2D eigenvalue weighted by atomic mass is 32.2. The molecular weight excluding hydrogens is 274 g/mol. The third-order valence-corrected chi connectivity index (χ3v) is 5.62. The van der Waals surface area contributed by atoms with Crippen LogP contribution in [-0.2, 0) is 10.0 Å². The highest BCUT2D eigenvalue weighted by molar-refractivity contribution is 7.89. The highest BCUT2D eigenvalue weighted by Crippen LogP contribution is 2.29. The molecule has 1 saturated carbocycles. The Morgan fingerprint density at radius 2 is 1.90 bits per heavy atom. The molecule has 1 aliphatic carbocycles. The number of hydrogen-bond donors (Lipinski definition) is 2. The minimum atomic E-state index is -3.54. The van der Waals surface area contributed by atoms with E-state index in [0.717, 1.165) is 25.7 Å². The van der Waals surface area contributed by atoms with E-state index in [-0.39, 0.29) is 10.4 Å². The first-order valence-corrected chi connectivity index (χ1v) is 8.63. The van der Waals surface area contributed by atoms with Gasteiger partial charge in [-0.3, -0.25) is 0 Å². The summed E-state index contributed by atoms with van der Waals surface area (Å²) in [5, 5.41) is 9.57. The molecule has 2 rings (SSSR count). The summed E-state index contributed by atoms with van der Waals surface area (Å²) in [7, 11) is -3.54. The lowest BCUT2D eigenvalue weighted by Gasteiger charge is -2.34. The van der Waals surface area contributed by atoms with Crippen molar-refractivity contribution in [2.24, 2.45) is 0 Å². The second-order valence-corrected chi connectivity index (χ2v) is 7.66. The first-order valence-electron chi connectivity index (χ1n) is 7.14. The predicted octanol–water partition coefficient (Wildman–Crippen LogP) is 2.74. The van der Waals surface area contributed by atoms with E-state index in [1.165, 1.54) is 6.42 Å². The Balaban J connectivity index is 2.24. The lowest BCUT2D eigenvalue weighted by molar-refractivity contribution is 0.199. The van der Waals surface area contributed by atoms with E-state index in [1.807, 2.05) is 6.92 Å². The second-order valence-electron chi connectivity index (χ2n) is 5.98. The van der Waals surface area contributed by atoms with Crippen LogP contribution in [0.1, 0.15) is 57.6 Å². The van der Waals surface area contributed by atoms with Gasteiger partial charge in [0, 0.05) is 5.54 Å². The fourth-order valence-corrected chi connectivity index (χ4v) is 4.28. The zero-order valence-corrected chi connectivity index (χ0v) is 12.9. The zero-order valence-electron chi connectivity index (χ0n) is 12.1. The Kier molecular flexibility index (Phi) is 4.52. The first kappa shape index (κ1) is 15.5. The van der Waals surface area contributed by atoms with Gasteiger partial charge in [-0.1, -0.05) is 31.4 Å². The molecule has 5 heteroatoms. The van der Waals surface area contributed by atoms with Crippen molar-refractivity contribution in [2.75, 3.05) is 0 Å². The van der Waals surface area contributed by atoms with Crippen LogP contribution in [0.15, 0.2) is 29.2 Å². The zero-order chi connectivity index (χ0) is 14.8. The summed E-state index contributed by atoms with van der Waals surface area (Å²) < 4.78 is 27.8. The normalized spacial score (nSPS) is 20.6. The fourth-order valence-electron chi connectivity index (χ4n) is 2.76. The number of nitrogens with one attached hydrogen (secondary N) is 1. The smallest absolute Gasteiger partial charge is 0.241 e. The molecule has 20 heavy (non-hydrogen) atoms. The molecule has 0 aromatic heterocycles. The van der Waals surface area contributed by atoms with Crippen LogP contribution < -0.4 is 4.72 Å². The number of sulfonamides is 1. The average molecular weight is 297 g/mol. The van der Waals surface area contributed by atoms with Gasteiger partial charge in [-0.2, -0.15) is 0 Å². The van der Waals surface area contributed by atoms with E-state index in [0.29, 0.717) is 5.56 Å². The van der Waals surface area contributed by atoms with E-state index in [1.54, 1.807) is 31.2 Å². The Hall–Kier alpha value is -0.910. The van der Waals surface area contributed by atoms with Crippen LogP contribution in [0.3, 0.4) is 0 Å². The van der Waals surface area contributed by atoms with Crippen LogP contribution in [-0.4, -0.2) is 19.1 Å². The monoisotopic (exact) mass is 297 g/mol. The minimum Gasteiger partial charge on any atom is -0.389 e. The molecule has 112 valence electrons. The van der Waals surface area contributed by atoms with Crippen LogP contribution >= 0.6 is 0 Å². The van der Waals surface area contributed by atoms with Crippen LogP contribution in [0, 0.1) is 0 Å². The molecule has 0 bridgehead atoms. The molecule has 0 spiro atoms. The van der Waals surface area contributed by atoms with Crippen LogP contribution in [0.2, 0.25) is 0 Å². The Bertz CT molecular complexity index is 560. The average Bonchev–Trinajstić information content (AvgIpc) is 2.38. The molecule has 1 atom stereocenters. The van der Waals surface area contributed by atoms with Crippen molar-refractivity contribution >= 4 is 10.0 Å². The fraction of sp³-hybridized carbons (Fsp3) is 0.600. The first-order chi connectivity index (χ1) is 9.32. The van der Waals surface area contributed by atoms with Crippen molar-refractivity contribution in [1.82, 2.24) is 4.72 Å². The van der Waals surface area contributed by atoms with Crippen molar-refractivity contribution in [3.8, 4) is 0 Å². The molecular formula is C15H23NO3S. The molecule has 1 aromatic rings. The second kappa shape index (κ2) is 5.84. The van der Waals surface area contributed by atoms with Crippen molar-refractivity contribution in [3.63, 3.8) is 0 Å². The number of aliphatic hydroxyl groups excluding tert-OH is 1. The van der Waals surface area contributed by atoms with Gasteiger partial charge in [-0.25, -0.2) is 13.1 Å². The van der Waals surface area contributed by atoms with Crippen LogP contribution in [0.4, 0.5) is 0 Å². The summed E-state index contributed by atoms with van der Waals surface area (Å²) in [5.74, 6) is 0. The summed E-state index contributed by atoms with van der Waals surface area (Å²) in [4.78, 5) is 0.225. The van der Waals surface area contributed by atoms with Crippen LogP contribution in [0.25, 0.3) is 0 Å². The van der Waals surface area contributed by atoms with E-state index in [4.69, 9.17) is 0 Å². The van der Waals surface area contributed by atoms with Gasteiger partial charge in [0.1, 0.15) is 0 Å². The minimum absolute atomic E-state index is 0.225. The van der Waals surface area contributed by atoms with Crippen molar-refractivity contribution in [2.45, 2.75) is 62.5 Å². The Morgan fingerprint density at radius 3 is 2.50 bits per heavy atom. The van der Waals surface area contributed by atoms with Gasteiger partial charge in [-0.05, 0) is 44.4 Å². The van der Waals surface area contributed by atoms with Crippen molar-refractivity contribution in [3.05, 3.63) is 29.8 Å². The Labute approximate surface area is 121 Å².